The second-order valence-electron chi connectivity index (χ2n) is 5.51. The maximum absolute atomic E-state index is 12.5. The molecule has 1 aromatic carbocycles. The lowest BCUT2D eigenvalue weighted by Crippen LogP contribution is -2.32. The summed E-state index contributed by atoms with van der Waals surface area (Å²) in [6, 6.07) is 11.1. The van der Waals surface area contributed by atoms with Crippen LogP contribution in [-0.4, -0.2) is 20.5 Å². The molecule has 6 nitrogen and oxygen atoms in total. The molecule has 3 rings (SSSR count). The van der Waals surface area contributed by atoms with Crippen LogP contribution in [0.4, 0.5) is 0 Å². The summed E-state index contributed by atoms with van der Waals surface area (Å²) in [4.78, 5) is 29.0. The average molecular weight is 332 g/mol. The molecule has 1 N–H and O–H groups in total. The molecule has 0 aliphatic heterocycles. The topological polar surface area (TPSA) is 76.4 Å². The highest BCUT2D eigenvalue weighted by atomic mass is 16.2. The first kappa shape index (κ1) is 16.4. The van der Waals surface area contributed by atoms with Gasteiger partial charge in [-0.05, 0) is 37.5 Å². The number of carbonyl (C=O) groups is 1. The second-order valence-corrected chi connectivity index (χ2v) is 5.51. The Morgan fingerprint density at radius 3 is 2.68 bits per heavy atom. The lowest BCUT2D eigenvalue weighted by Gasteiger charge is -2.06. The zero-order valence-corrected chi connectivity index (χ0v) is 13.9. The molecule has 2 heterocycles. The number of aromatic nitrogens is 3. The monoisotopic (exact) mass is 332 g/mol. The molecule has 0 bridgehead atoms. The number of hydrogen-bond donors (Lipinski definition) is 1. The molecule has 6 heteroatoms. The van der Waals surface area contributed by atoms with Crippen LogP contribution in [0, 0.1) is 18.8 Å². The minimum Gasteiger partial charge on any atom is -0.348 e. The highest BCUT2D eigenvalue weighted by molar-refractivity contribution is 5.93. The molecule has 124 valence electrons. The van der Waals surface area contributed by atoms with E-state index in [1.165, 1.54) is 6.20 Å². The summed E-state index contributed by atoms with van der Waals surface area (Å²) in [5.41, 5.74) is 2.32. The van der Waals surface area contributed by atoms with Gasteiger partial charge in [0.25, 0.3) is 11.5 Å². The van der Waals surface area contributed by atoms with Gasteiger partial charge in [-0.1, -0.05) is 35.7 Å². The van der Waals surface area contributed by atoms with Gasteiger partial charge in [0.1, 0.15) is 11.3 Å². The number of nitrogens with zero attached hydrogens (tertiary/aromatic N) is 3. The summed E-state index contributed by atoms with van der Waals surface area (Å²) in [7, 11) is 0. The van der Waals surface area contributed by atoms with E-state index in [0.29, 0.717) is 17.9 Å². The van der Waals surface area contributed by atoms with Crippen molar-refractivity contribution in [2.45, 2.75) is 20.4 Å². The Balaban J connectivity index is 1.87. The summed E-state index contributed by atoms with van der Waals surface area (Å²) >= 11 is 0. The van der Waals surface area contributed by atoms with E-state index in [9.17, 15) is 9.59 Å². The number of amides is 1. The van der Waals surface area contributed by atoms with Crippen molar-refractivity contribution in [1.82, 2.24) is 19.9 Å². The molecule has 0 radical (unpaired) electrons. The fraction of sp³-hybridized carbons (Fsp3) is 0.158. The number of aryl methyl sites for hydroxylation is 1. The lowest BCUT2D eigenvalue weighted by atomic mass is 10.1. The van der Waals surface area contributed by atoms with Crippen molar-refractivity contribution in [3.05, 3.63) is 75.3 Å². The Kier molecular flexibility index (Phi) is 4.57. The van der Waals surface area contributed by atoms with Crippen molar-refractivity contribution in [1.29, 1.82) is 0 Å². The normalized spacial score (nSPS) is 10.2. The summed E-state index contributed by atoms with van der Waals surface area (Å²) in [6.45, 7) is 4.01. The van der Waals surface area contributed by atoms with Crippen molar-refractivity contribution in [3.63, 3.8) is 0 Å². The van der Waals surface area contributed by atoms with Gasteiger partial charge in [-0.2, -0.15) is 9.61 Å². The van der Waals surface area contributed by atoms with Gasteiger partial charge < -0.3 is 5.32 Å². The van der Waals surface area contributed by atoms with Crippen molar-refractivity contribution in [2.75, 3.05) is 0 Å². The lowest BCUT2D eigenvalue weighted by molar-refractivity contribution is 0.0948. The summed E-state index contributed by atoms with van der Waals surface area (Å²) < 4.78 is 1.10. The largest absolute Gasteiger partial charge is 0.348 e. The zero-order valence-electron chi connectivity index (χ0n) is 13.9. The molecular formula is C19H16N4O2. The van der Waals surface area contributed by atoms with Crippen LogP contribution in [0.2, 0.25) is 0 Å². The molecule has 0 fully saturated rings. The number of benzene rings is 1. The first-order valence-corrected chi connectivity index (χ1v) is 7.74. The van der Waals surface area contributed by atoms with Crippen LogP contribution in [0.15, 0.2) is 47.4 Å². The van der Waals surface area contributed by atoms with E-state index in [1.807, 2.05) is 31.2 Å². The van der Waals surface area contributed by atoms with Gasteiger partial charge in [-0.15, -0.1) is 0 Å². The van der Waals surface area contributed by atoms with E-state index in [1.54, 1.807) is 19.1 Å². The van der Waals surface area contributed by atoms with Gasteiger partial charge in [0.2, 0.25) is 0 Å². The van der Waals surface area contributed by atoms with Gasteiger partial charge in [-0.25, -0.2) is 4.98 Å². The third kappa shape index (κ3) is 3.56. The Morgan fingerprint density at radius 2 is 1.96 bits per heavy atom. The van der Waals surface area contributed by atoms with Crippen LogP contribution >= 0.6 is 0 Å². The quantitative estimate of drug-likeness (QED) is 0.741. The van der Waals surface area contributed by atoms with E-state index < -0.39 is 11.5 Å². The summed E-state index contributed by atoms with van der Waals surface area (Å²) in [6.07, 6.45) is 1.27. The maximum Gasteiger partial charge on any atom is 0.287 e. The molecule has 0 saturated carbocycles. The smallest absolute Gasteiger partial charge is 0.287 e. The molecule has 1 amide bonds. The van der Waals surface area contributed by atoms with Crippen LogP contribution in [0.3, 0.4) is 0 Å². The molecule has 0 saturated heterocycles. The SMILES string of the molecule is CC#Cc1ccc2ncc(C(=O)NCc3ccc(C)cc3)c(=O)n2n1. The number of fused-ring (bicyclic) bond motifs is 1. The first-order valence-electron chi connectivity index (χ1n) is 7.74. The number of rotatable bonds is 3. The van der Waals surface area contributed by atoms with E-state index in [4.69, 9.17) is 0 Å². The van der Waals surface area contributed by atoms with Gasteiger partial charge in [0.05, 0.1) is 0 Å². The van der Waals surface area contributed by atoms with E-state index >= 15 is 0 Å². The van der Waals surface area contributed by atoms with Crippen LogP contribution in [0.25, 0.3) is 5.65 Å². The van der Waals surface area contributed by atoms with Gasteiger partial charge >= 0.3 is 0 Å². The zero-order chi connectivity index (χ0) is 17.8. The molecule has 0 atom stereocenters. The van der Waals surface area contributed by atoms with Crippen molar-refractivity contribution < 1.29 is 4.79 Å². The van der Waals surface area contributed by atoms with Gasteiger partial charge in [0.15, 0.2) is 5.65 Å². The van der Waals surface area contributed by atoms with E-state index in [0.717, 1.165) is 15.6 Å². The number of hydrogen-bond acceptors (Lipinski definition) is 4. The maximum atomic E-state index is 12.5. The molecule has 2 aromatic heterocycles. The van der Waals surface area contributed by atoms with Crippen molar-refractivity contribution in [2.24, 2.45) is 0 Å². The van der Waals surface area contributed by atoms with Crippen LogP contribution in [-0.2, 0) is 6.54 Å². The first-order chi connectivity index (χ1) is 12.1. The third-order valence-electron chi connectivity index (χ3n) is 3.64. The highest BCUT2D eigenvalue weighted by Crippen LogP contribution is 2.03. The molecule has 0 unspecified atom stereocenters. The minimum atomic E-state index is -0.522. The highest BCUT2D eigenvalue weighted by Gasteiger charge is 2.14. The Bertz CT molecular complexity index is 1060. The van der Waals surface area contributed by atoms with Gasteiger partial charge in [-0.3, -0.25) is 9.59 Å². The average Bonchev–Trinajstić information content (AvgIpc) is 2.62. The fourth-order valence-electron chi connectivity index (χ4n) is 2.30. The van der Waals surface area contributed by atoms with Crippen LogP contribution in [0.1, 0.15) is 34.1 Å². The van der Waals surface area contributed by atoms with Crippen LogP contribution in [0.5, 0.6) is 0 Å². The summed E-state index contributed by atoms with van der Waals surface area (Å²) in [5, 5.41) is 6.86. The Hall–Kier alpha value is -3.46. The fourth-order valence-corrected chi connectivity index (χ4v) is 2.30. The predicted molar refractivity (Wildman–Crippen MR) is 94.2 cm³/mol. The van der Waals surface area contributed by atoms with Crippen LogP contribution < -0.4 is 10.9 Å². The number of nitrogens with one attached hydrogen (secondary N) is 1. The third-order valence-corrected chi connectivity index (χ3v) is 3.64. The second kappa shape index (κ2) is 6.97. The predicted octanol–water partition coefficient (Wildman–Crippen LogP) is 1.70. The molecule has 25 heavy (non-hydrogen) atoms. The molecule has 0 aliphatic carbocycles. The molecule has 3 aromatic rings. The molecular weight excluding hydrogens is 316 g/mol. The van der Waals surface area contributed by atoms with E-state index in [-0.39, 0.29) is 5.56 Å². The van der Waals surface area contributed by atoms with Crippen molar-refractivity contribution in [3.8, 4) is 11.8 Å². The van der Waals surface area contributed by atoms with Gasteiger partial charge in [0, 0.05) is 12.7 Å². The van der Waals surface area contributed by atoms with E-state index in [2.05, 4.69) is 27.2 Å². The Labute approximate surface area is 144 Å². The summed E-state index contributed by atoms with van der Waals surface area (Å²) in [5.74, 6) is 5.01. The molecule has 0 spiro atoms. The van der Waals surface area contributed by atoms with Crippen molar-refractivity contribution >= 4 is 11.6 Å². The number of carbonyl (C=O) groups excluding carboxylic acids is 1. The Morgan fingerprint density at radius 1 is 1.20 bits per heavy atom. The minimum absolute atomic E-state index is 0.0567. The standard InChI is InChI=1S/C19H16N4O2/c1-3-4-15-9-10-17-20-12-16(19(25)23(17)22-15)18(24)21-11-14-7-5-13(2)6-8-14/h5-10,12H,11H2,1-2H3,(H,21,24). The molecule has 0 aliphatic rings.